The Morgan fingerprint density at radius 2 is 2.19 bits per heavy atom. The topological polar surface area (TPSA) is 51.2 Å². The summed E-state index contributed by atoms with van der Waals surface area (Å²) in [6.07, 6.45) is 2.26. The van der Waals surface area contributed by atoms with E-state index in [9.17, 15) is 4.79 Å². The van der Waals surface area contributed by atoms with Gasteiger partial charge < -0.3 is 10.1 Å². The highest BCUT2D eigenvalue weighted by molar-refractivity contribution is 9.10. The molecule has 2 aromatic rings. The third-order valence-corrected chi connectivity index (χ3v) is 3.39. The first kappa shape index (κ1) is 15.9. The van der Waals surface area contributed by atoms with E-state index in [1.165, 1.54) is 6.20 Å². The van der Waals surface area contributed by atoms with Crippen LogP contribution in [0.25, 0.3) is 0 Å². The molecule has 0 bridgehead atoms. The molecule has 0 aliphatic rings. The second-order valence-corrected chi connectivity index (χ2v) is 5.65. The number of nitrogens with one attached hydrogen (secondary N) is 1. The summed E-state index contributed by atoms with van der Waals surface area (Å²) in [5, 5.41) is 3.07. The SMILES string of the molecule is O=C(COCCc1cccc(Br)c1)Nc1ccc(Cl)nc1. The zero-order chi connectivity index (χ0) is 15.1. The minimum atomic E-state index is -0.214. The lowest BCUT2D eigenvalue weighted by Crippen LogP contribution is -2.19. The van der Waals surface area contributed by atoms with Crippen LogP contribution in [0.5, 0.6) is 0 Å². The Kier molecular flexibility index (Phi) is 6.17. The lowest BCUT2D eigenvalue weighted by molar-refractivity contribution is -0.120. The van der Waals surface area contributed by atoms with Gasteiger partial charge >= 0.3 is 0 Å². The summed E-state index contributed by atoms with van der Waals surface area (Å²) in [6, 6.07) is 11.3. The van der Waals surface area contributed by atoms with E-state index >= 15 is 0 Å². The van der Waals surface area contributed by atoms with Crippen LogP contribution in [0, 0.1) is 0 Å². The summed E-state index contributed by atoms with van der Waals surface area (Å²) < 4.78 is 6.40. The van der Waals surface area contributed by atoms with Crippen molar-refractivity contribution in [1.29, 1.82) is 0 Å². The number of carbonyl (C=O) groups is 1. The van der Waals surface area contributed by atoms with Gasteiger partial charge in [-0.3, -0.25) is 4.79 Å². The van der Waals surface area contributed by atoms with Gasteiger partial charge in [-0.25, -0.2) is 4.98 Å². The molecule has 1 N–H and O–H groups in total. The van der Waals surface area contributed by atoms with E-state index in [2.05, 4.69) is 26.2 Å². The van der Waals surface area contributed by atoms with Gasteiger partial charge in [0.1, 0.15) is 11.8 Å². The number of aromatic nitrogens is 1. The number of halogens is 2. The molecule has 0 atom stereocenters. The number of benzene rings is 1. The van der Waals surface area contributed by atoms with Crippen molar-refractivity contribution >= 4 is 39.1 Å². The minimum absolute atomic E-state index is 0.0105. The quantitative estimate of drug-likeness (QED) is 0.624. The van der Waals surface area contributed by atoms with Crippen molar-refractivity contribution in [3.8, 4) is 0 Å². The van der Waals surface area contributed by atoms with Gasteiger partial charge in [-0.05, 0) is 36.2 Å². The molecule has 110 valence electrons. The van der Waals surface area contributed by atoms with E-state index in [0.717, 1.165) is 16.5 Å². The average Bonchev–Trinajstić information content (AvgIpc) is 2.46. The number of nitrogens with zero attached hydrogens (tertiary/aromatic N) is 1. The van der Waals surface area contributed by atoms with E-state index in [4.69, 9.17) is 16.3 Å². The van der Waals surface area contributed by atoms with Gasteiger partial charge in [0.25, 0.3) is 0 Å². The number of ether oxygens (including phenoxy) is 1. The van der Waals surface area contributed by atoms with E-state index in [-0.39, 0.29) is 12.5 Å². The second-order valence-electron chi connectivity index (χ2n) is 4.35. The van der Waals surface area contributed by atoms with Crippen LogP contribution < -0.4 is 5.32 Å². The van der Waals surface area contributed by atoms with Crippen LogP contribution in [-0.2, 0) is 16.0 Å². The Morgan fingerprint density at radius 1 is 1.33 bits per heavy atom. The molecular weight excluding hydrogens is 356 g/mol. The molecule has 0 unspecified atom stereocenters. The van der Waals surface area contributed by atoms with Crippen molar-refractivity contribution in [3.05, 3.63) is 57.8 Å². The summed E-state index contributed by atoms with van der Waals surface area (Å²) in [4.78, 5) is 15.5. The van der Waals surface area contributed by atoms with Crippen LogP contribution in [0.3, 0.4) is 0 Å². The fraction of sp³-hybridized carbons (Fsp3) is 0.200. The highest BCUT2D eigenvalue weighted by Crippen LogP contribution is 2.12. The second kappa shape index (κ2) is 8.12. The van der Waals surface area contributed by atoms with Gasteiger partial charge in [-0.15, -0.1) is 0 Å². The summed E-state index contributed by atoms with van der Waals surface area (Å²) >= 11 is 9.08. The molecule has 4 nitrogen and oxygen atoms in total. The molecule has 1 aromatic heterocycles. The number of amides is 1. The lowest BCUT2D eigenvalue weighted by atomic mass is 10.2. The van der Waals surface area contributed by atoms with Crippen molar-refractivity contribution in [2.45, 2.75) is 6.42 Å². The van der Waals surface area contributed by atoms with Crippen LogP contribution in [-0.4, -0.2) is 24.1 Å². The predicted molar refractivity (Wildman–Crippen MR) is 86.5 cm³/mol. The van der Waals surface area contributed by atoms with E-state index in [1.54, 1.807) is 12.1 Å². The smallest absolute Gasteiger partial charge is 0.250 e. The molecule has 1 aromatic carbocycles. The Balaban J connectivity index is 1.68. The van der Waals surface area contributed by atoms with Gasteiger partial charge in [0.15, 0.2) is 0 Å². The molecule has 1 amide bonds. The molecule has 0 saturated carbocycles. The first-order valence-corrected chi connectivity index (χ1v) is 7.54. The normalized spacial score (nSPS) is 10.4. The Bertz CT molecular complexity index is 605. The monoisotopic (exact) mass is 368 g/mol. The van der Waals surface area contributed by atoms with Gasteiger partial charge in [0.05, 0.1) is 18.5 Å². The molecule has 1 heterocycles. The molecule has 21 heavy (non-hydrogen) atoms. The first-order chi connectivity index (χ1) is 10.1. The Morgan fingerprint density at radius 3 is 2.90 bits per heavy atom. The average molecular weight is 370 g/mol. The predicted octanol–water partition coefficient (Wildman–Crippen LogP) is 3.70. The van der Waals surface area contributed by atoms with Crippen molar-refractivity contribution in [1.82, 2.24) is 4.98 Å². The van der Waals surface area contributed by atoms with Crippen molar-refractivity contribution in [2.75, 3.05) is 18.5 Å². The fourth-order valence-electron chi connectivity index (χ4n) is 1.69. The maximum atomic E-state index is 11.7. The molecule has 0 radical (unpaired) electrons. The Labute approximate surface area is 136 Å². The molecule has 0 saturated heterocycles. The molecule has 0 aliphatic carbocycles. The van der Waals surface area contributed by atoms with Crippen molar-refractivity contribution in [2.24, 2.45) is 0 Å². The first-order valence-electron chi connectivity index (χ1n) is 6.37. The summed E-state index contributed by atoms with van der Waals surface area (Å²) in [7, 11) is 0. The number of hydrogen-bond acceptors (Lipinski definition) is 3. The maximum Gasteiger partial charge on any atom is 0.250 e. The lowest BCUT2D eigenvalue weighted by Gasteiger charge is -2.06. The van der Waals surface area contributed by atoms with E-state index in [0.29, 0.717) is 17.4 Å². The number of anilines is 1. The van der Waals surface area contributed by atoms with Crippen molar-refractivity contribution in [3.63, 3.8) is 0 Å². The molecule has 0 fully saturated rings. The number of carbonyl (C=O) groups excluding carboxylic acids is 1. The van der Waals surface area contributed by atoms with Crippen LogP contribution in [0.4, 0.5) is 5.69 Å². The summed E-state index contributed by atoms with van der Waals surface area (Å²) in [5.74, 6) is -0.214. The van der Waals surface area contributed by atoms with E-state index in [1.807, 2.05) is 24.3 Å². The molecule has 0 aliphatic heterocycles. The third-order valence-electron chi connectivity index (χ3n) is 2.67. The number of pyridine rings is 1. The summed E-state index contributed by atoms with van der Waals surface area (Å²) in [6.45, 7) is 0.499. The third kappa shape index (κ3) is 5.83. The van der Waals surface area contributed by atoms with Gasteiger partial charge in [-0.2, -0.15) is 0 Å². The fourth-order valence-corrected chi connectivity index (χ4v) is 2.25. The number of rotatable bonds is 6. The number of hydrogen-bond donors (Lipinski definition) is 1. The molecular formula is C15H14BrClN2O2. The van der Waals surface area contributed by atoms with E-state index < -0.39 is 0 Å². The minimum Gasteiger partial charge on any atom is -0.371 e. The van der Waals surface area contributed by atoms with Crippen LogP contribution in [0.2, 0.25) is 5.15 Å². The zero-order valence-corrected chi connectivity index (χ0v) is 13.5. The molecule has 0 spiro atoms. The van der Waals surface area contributed by atoms with Gasteiger partial charge in [0, 0.05) is 4.47 Å². The standard InChI is InChI=1S/C15H14BrClN2O2/c16-12-3-1-2-11(8-12)6-7-21-10-15(20)19-13-4-5-14(17)18-9-13/h1-5,8-9H,6-7,10H2,(H,19,20). The summed E-state index contributed by atoms with van der Waals surface area (Å²) in [5.41, 5.74) is 1.76. The highest BCUT2D eigenvalue weighted by atomic mass is 79.9. The van der Waals surface area contributed by atoms with Crippen LogP contribution in [0.1, 0.15) is 5.56 Å². The van der Waals surface area contributed by atoms with Gasteiger partial charge in [-0.1, -0.05) is 39.7 Å². The maximum absolute atomic E-state index is 11.7. The highest BCUT2D eigenvalue weighted by Gasteiger charge is 2.03. The van der Waals surface area contributed by atoms with Gasteiger partial charge in [0.2, 0.25) is 5.91 Å². The van der Waals surface area contributed by atoms with Crippen molar-refractivity contribution < 1.29 is 9.53 Å². The molecule has 2 rings (SSSR count). The molecule has 6 heteroatoms. The van der Waals surface area contributed by atoms with Crippen LogP contribution >= 0.6 is 27.5 Å². The Hall–Kier alpha value is -1.43. The largest absolute Gasteiger partial charge is 0.371 e. The van der Waals surface area contributed by atoms with Crippen LogP contribution in [0.15, 0.2) is 47.1 Å². The zero-order valence-electron chi connectivity index (χ0n) is 11.2.